The average Bonchev–Trinajstić information content (AvgIpc) is 2.97. The molecule has 0 atom stereocenters. The van der Waals surface area contributed by atoms with Crippen LogP contribution in [0.1, 0.15) is 6.92 Å². The Balaban J connectivity index is 1.88. The van der Waals surface area contributed by atoms with Gasteiger partial charge in [0.2, 0.25) is 10.0 Å². The third-order valence-corrected chi connectivity index (χ3v) is 6.73. The summed E-state index contributed by atoms with van der Waals surface area (Å²) in [4.78, 5) is 2.94. The Kier molecular flexibility index (Phi) is 4.87. The number of nitrogens with one attached hydrogen (secondary N) is 3. The molecule has 3 aromatic rings. The number of aromatic amines is 1. The molecule has 10 heteroatoms. The van der Waals surface area contributed by atoms with Crippen LogP contribution in [0.5, 0.6) is 0 Å². The number of benzene rings is 2. The number of rotatable bonds is 6. The molecule has 7 nitrogen and oxygen atoms in total. The zero-order valence-electron chi connectivity index (χ0n) is 13.7. The number of anilines is 2. The van der Waals surface area contributed by atoms with Gasteiger partial charge in [0, 0.05) is 17.3 Å². The number of hydrogen-bond acceptors (Lipinski definition) is 4. The Hall–Kier alpha value is -2.23. The Morgan fingerprint density at radius 1 is 1.00 bits per heavy atom. The van der Waals surface area contributed by atoms with Gasteiger partial charge in [-0.3, -0.25) is 9.44 Å². The molecule has 26 heavy (non-hydrogen) atoms. The number of para-hydroxylation sites is 1. The Bertz CT molecular complexity index is 1150. The van der Waals surface area contributed by atoms with Crippen LogP contribution in [0.25, 0.3) is 10.9 Å². The van der Waals surface area contributed by atoms with Crippen molar-refractivity contribution in [2.24, 2.45) is 0 Å². The first kappa shape index (κ1) is 18.6. The minimum absolute atomic E-state index is 0.00611. The van der Waals surface area contributed by atoms with Crippen LogP contribution < -0.4 is 9.44 Å². The van der Waals surface area contributed by atoms with Crippen molar-refractivity contribution < 1.29 is 16.8 Å². The first-order valence-corrected chi connectivity index (χ1v) is 11.1. The van der Waals surface area contributed by atoms with Crippen molar-refractivity contribution in [1.82, 2.24) is 4.98 Å². The van der Waals surface area contributed by atoms with Gasteiger partial charge in [0.05, 0.1) is 26.9 Å². The first-order chi connectivity index (χ1) is 12.2. The van der Waals surface area contributed by atoms with Crippen LogP contribution in [-0.4, -0.2) is 27.6 Å². The molecular formula is C16H16ClN3O4S2. The second kappa shape index (κ2) is 6.82. The molecule has 0 radical (unpaired) electrons. The summed E-state index contributed by atoms with van der Waals surface area (Å²) in [5.74, 6) is -0.0721. The molecule has 2 aromatic carbocycles. The van der Waals surface area contributed by atoms with Crippen LogP contribution >= 0.6 is 11.6 Å². The minimum Gasteiger partial charge on any atom is -0.358 e. The van der Waals surface area contributed by atoms with Gasteiger partial charge in [-0.05, 0) is 37.3 Å². The molecule has 0 unspecified atom stereocenters. The summed E-state index contributed by atoms with van der Waals surface area (Å²) in [6.07, 6.45) is 1.58. The van der Waals surface area contributed by atoms with Crippen LogP contribution in [0.4, 0.5) is 11.4 Å². The molecule has 0 saturated carbocycles. The number of aromatic nitrogens is 1. The van der Waals surface area contributed by atoms with Gasteiger partial charge in [0.15, 0.2) is 0 Å². The van der Waals surface area contributed by atoms with E-state index in [4.69, 9.17) is 11.6 Å². The number of hydrogen-bond donors (Lipinski definition) is 3. The molecular weight excluding hydrogens is 398 g/mol. The number of sulfonamides is 2. The topological polar surface area (TPSA) is 108 Å². The molecule has 3 rings (SSSR count). The largest absolute Gasteiger partial charge is 0.358 e. The standard InChI is InChI=1S/C16H16ClN3O4S2/c1-2-25(21,22)19-11-6-8-12(9-7-11)26(23,24)20-15-5-3-4-13-14(17)10-18-16(13)15/h3-10,18-20H,2H2,1H3. The summed E-state index contributed by atoms with van der Waals surface area (Å²) in [5.41, 5.74) is 1.24. The van der Waals surface area contributed by atoms with E-state index in [0.717, 1.165) is 0 Å². The minimum atomic E-state index is -3.85. The highest BCUT2D eigenvalue weighted by molar-refractivity contribution is 7.93. The lowest BCUT2D eigenvalue weighted by molar-refractivity contribution is 0.600. The van der Waals surface area contributed by atoms with Crippen molar-refractivity contribution in [3.63, 3.8) is 0 Å². The molecule has 0 fully saturated rings. The second-order valence-corrected chi connectivity index (χ2v) is 9.60. The van der Waals surface area contributed by atoms with E-state index >= 15 is 0 Å². The van der Waals surface area contributed by atoms with Crippen molar-refractivity contribution in [3.8, 4) is 0 Å². The number of fused-ring (bicyclic) bond motifs is 1. The molecule has 0 amide bonds. The Morgan fingerprint density at radius 2 is 1.69 bits per heavy atom. The van der Waals surface area contributed by atoms with Gasteiger partial charge >= 0.3 is 0 Å². The zero-order valence-corrected chi connectivity index (χ0v) is 16.0. The zero-order chi connectivity index (χ0) is 18.9. The van der Waals surface area contributed by atoms with Crippen LogP contribution in [0, 0.1) is 0 Å². The normalized spacial score (nSPS) is 12.2. The maximum absolute atomic E-state index is 12.6. The van der Waals surface area contributed by atoms with E-state index in [9.17, 15) is 16.8 Å². The van der Waals surface area contributed by atoms with E-state index < -0.39 is 20.0 Å². The molecule has 0 aliphatic heterocycles. The van der Waals surface area contributed by atoms with E-state index in [1.165, 1.54) is 31.2 Å². The Morgan fingerprint density at radius 3 is 2.35 bits per heavy atom. The molecule has 0 aliphatic rings. The third-order valence-electron chi connectivity index (χ3n) is 3.73. The number of H-pyrrole nitrogens is 1. The number of halogens is 1. The summed E-state index contributed by atoms with van der Waals surface area (Å²) in [7, 11) is -7.27. The van der Waals surface area contributed by atoms with Crippen LogP contribution in [-0.2, 0) is 20.0 Å². The van der Waals surface area contributed by atoms with Crippen LogP contribution in [0.3, 0.4) is 0 Å². The predicted molar refractivity (Wildman–Crippen MR) is 104 cm³/mol. The van der Waals surface area contributed by atoms with Crippen molar-refractivity contribution >= 4 is 53.9 Å². The summed E-state index contributed by atoms with van der Waals surface area (Å²) in [5, 5.41) is 1.20. The van der Waals surface area contributed by atoms with Gasteiger partial charge in [0.1, 0.15) is 0 Å². The third kappa shape index (κ3) is 3.79. The van der Waals surface area contributed by atoms with Crippen molar-refractivity contribution in [2.75, 3.05) is 15.2 Å². The molecule has 0 saturated heterocycles. The molecule has 138 valence electrons. The van der Waals surface area contributed by atoms with E-state index in [1.54, 1.807) is 24.4 Å². The smallest absolute Gasteiger partial charge is 0.261 e. The SMILES string of the molecule is CCS(=O)(=O)Nc1ccc(S(=O)(=O)Nc2cccc3c(Cl)c[nH]c23)cc1. The maximum atomic E-state index is 12.6. The summed E-state index contributed by atoms with van der Waals surface area (Å²) < 4.78 is 53.2. The van der Waals surface area contributed by atoms with Crippen LogP contribution in [0.15, 0.2) is 53.6 Å². The van der Waals surface area contributed by atoms with Crippen molar-refractivity contribution in [1.29, 1.82) is 0 Å². The van der Waals surface area contributed by atoms with Gasteiger partial charge in [-0.2, -0.15) is 0 Å². The van der Waals surface area contributed by atoms with Gasteiger partial charge in [-0.1, -0.05) is 23.7 Å². The molecule has 1 heterocycles. The molecule has 0 spiro atoms. The van der Waals surface area contributed by atoms with Crippen molar-refractivity contribution in [2.45, 2.75) is 11.8 Å². The molecule has 1 aromatic heterocycles. The first-order valence-electron chi connectivity index (χ1n) is 7.61. The van der Waals surface area contributed by atoms with Gasteiger partial charge in [0.25, 0.3) is 10.0 Å². The average molecular weight is 414 g/mol. The van der Waals surface area contributed by atoms with Gasteiger partial charge < -0.3 is 4.98 Å². The van der Waals surface area contributed by atoms with E-state index in [1.807, 2.05) is 0 Å². The highest BCUT2D eigenvalue weighted by Crippen LogP contribution is 2.30. The fourth-order valence-electron chi connectivity index (χ4n) is 2.36. The van der Waals surface area contributed by atoms with E-state index in [0.29, 0.717) is 27.3 Å². The van der Waals surface area contributed by atoms with Gasteiger partial charge in [-0.25, -0.2) is 16.8 Å². The quantitative estimate of drug-likeness (QED) is 0.575. The fraction of sp³-hybridized carbons (Fsp3) is 0.125. The summed E-state index contributed by atoms with van der Waals surface area (Å²) >= 11 is 6.05. The second-order valence-electron chi connectivity index (χ2n) is 5.50. The van der Waals surface area contributed by atoms with E-state index in [-0.39, 0.29) is 10.6 Å². The fourth-order valence-corrected chi connectivity index (χ4v) is 4.29. The predicted octanol–water partition coefficient (Wildman–Crippen LogP) is 3.38. The Labute approximate surface area is 156 Å². The lowest BCUT2D eigenvalue weighted by Gasteiger charge is -2.10. The van der Waals surface area contributed by atoms with Crippen molar-refractivity contribution in [3.05, 3.63) is 53.7 Å². The lowest BCUT2D eigenvalue weighted by Crippen LogP contribution is -2.15. The highest BCUT2D eigenvalue weighted by Gasteiger charge is 2.17. The summed E-state index contributed by atoms with van der Waals surface area (Å²) in [6.45, 7) is 1.51. The molecule has 3 N–H and O–H groups in total. The van der Waals surface area contributed by atoms with E-state index in [2.05, 4.69) is 14.4 Å². The molecule has 0 aliphatic carbocycles. The molecule has 0 bridgehead atoms. The van der Waals surface area contributed by atoms with Gasteiger partial charge in [-0.15, -0.1) is 0 Å². The van der Waals surface area contributed by atoms with Crippen LogP contribution in [0.2, 0.25) is 5.02 Å². The summed E-state index contributed by atoms with van der Waals surface area (Å²) in [6, 6.07) is 10.6. The monoisotopic (exact) mass is 413 g/mol. The maximum Gasteiger partial charge on any atom is 0.261 e. The lowest BCUT2D eigenvalue weighted by atomic mass is 10.2. The highest BCUT2D eigenvalue weighted by atomic mass is 35.5.